The Morgan fingerprint density at radius 1 is 0.963 bits per heavy atom. The van der Waals surface area contributed by atoms with E-state index in [0.717, 1.165) is 0 Å². The first kappa shape index (κ1) is 49.1. The van der Waals surface area contributed by atoms with Crippen molar-refractivity contribution in [3.8, 4) is 0 Å². The van der Waals surface area contributed by atoms with Gasteiger partial charge in [-0.15, -0.1) is 0 Å². The van der Waals surface area contributed by atoms with Crippen LogP contribution in [0.4, 0.5) is 0 Å². The van der Waals surface area contributed by atoms with E-state index in [0.29, 0.717) is 25.9 Å². The average molecular weight is 781 g/mol. The summed E-state index contributed by atoms with van der Waals surface area (Å²) in [6, 6.07) is -0.620. The van der Waals surface area contributed by atoms with Gasteiger partial charge in [0, 0.05) is 50.7 Å². The van der Waals surface area contributed by atoms with Gasteiger partial charge in [0.1, 0.15) is 19.3 Å². The van der Waals surface area contributed by atoms with E-state index in [1.165, 1.54) is 14.2 Å². The molecule has 0 bridgehead atoms. The summed E-state index contributed by atoms with van der Waals surface area (Å²) in [6.07, 6.45) is -5.08. The minimum Gasteiger partial charge on any atom is -0.399 e. The smallest absolute Gasteiger partial charge is 0.185 e. The quantitative estimate of drug-likeness (QED) is 0.0500. The predicted octanol–water partition coefficient (Wildman–Crippen LogP) is 2.74. The fourth-order valence-electron chi connectivity index (χ4n) is 8.48. The fourth-order valence-corrected chi connectivity index (χ4v) is 8.48. The summed E-state index contributed by atoms with van der Waals surface area (Å²) < 4.78 is 42.9. The van der Waals surface area contributed by atoms with Crippen LogP contribution in [-0.2, 0) is 38.0 Å². The average Bonchev–Trinajstić information content (AvgIpc) is 3.09. The van der Waals surface area contributed by atoms with Crippen LogP contribution in [0.5, 0.6) is 0 Å². The minimum atomic E-state index is -1.64. The van der Waals surface area contributed by atoms with Crippen LogP contribution in [0.1, 0.15) is 101 Å². The molecule has 0 amide bonds. The molecular formula is C39H76N2O13. The molecule has 2 rings (SSSR count). The number of nitrogens with zero attached hydrogens (tertiary/aromatic N) is 1. The van der Waals surface area contributed by atoms with Crippen LogP contribution in [0, 0.1) is 23.7 Å². The van der Waals surface area contributed by atoms with Crippen LogP contribution < -0.4 is 5.73 Å². The Bertz CT molecular complexity index is 1100. The molecule has 18 atom stereocenters. The lowest BCUT2D eigenvalue weighted by Crippen LogP contribution is -2.60. The SMILES string of the molecule is CCCC(C)(O)C(O)C(C)C(OCCOC)C(C)CC(C)(O)C(O[C@@H]1O[C@H](C)C[C@H](N)[C@H]1O)C(C)C(O[C@H]1C[C@@](C)(OC)[C@@H](O)[C@H](C)O1)C(C)C=NOC. The summed E-state index contributed by atoms with van der Waals surface area (Å²) in [5.41, 5.74) is 2.37. The molecule has 10 unspecified atom stereocenters. The van der Waals surface area contributed by atoms with Crippen molar-refractivity contribution >= 4 is 6.21 Å². The zero-order chi connectivity index (χ0) is 41.2. The topological polar surface area (TPSA) is 213 Å². The summed E-state index contributed by atoms with van der Waals surface area (Å²) in [6.45, 7) is 18.7. The van der Waals surface area contributed by atoms with Crippen molar-refractivity contribution in [1.29, 1.82) is 0 Å². The molecule has 15 nitrogen and oxygen atoms in total. The van der Waals surface area contributed by atoms with Crippen molar-refractivity contribution in [3.05, 3.63) is 0 Å². The first-order chi connectivity index (χ1) is 25.1. The fraction of sp³-hybridized carbons (Fsp3) is 0.974. The molecule has 2 heterocycles. The second-order valence-corrected chi connectivity index (χ2v) is 16.7. The summed E-state index contributed by atoms with van der Waals surface area (Å²) in [5, 5.41) is 61.4. The van der Waals surface area contributed by atoms with E-state index in [-0.39, 0.29) is 25.6 Å². The molecular weight excluding hydrogens is 704 g/mol. The standard InChI is InChI=1S/C39H76N2O13/c1-14-15-37(8,45)33(43)25(5)31(50-17-16-47-11)22(2)19-38(9,46)35(54-36-30(42)28(40)18-24(4)51-36)26(6)32(23(3)21-41-49-13)53-29-20-39(10,48-12)34(44)27(7)52-29/h21-36,42-46H,14-20,40H2,1-13H3/t22?,23?,24-,25?,26?,27+,28+,29+,30-,31?,32?,33?,34+,35?,36+,37?,38?,39-/m1/s1. The summed E-state index contributed by atoms with van der Waals surface area (Å²) in [7, 11) is 4.55. The number of hydrogen-bond acceptors (Lipinski definition) is 15. The van der Waals surface area contributed by atoms with Crippen molar-refractivity contribution < 1.29 is 63.5 Å². The zero-order valence-corrected chi connectivity index (χ0v) is 35.2. The van der Waals surface area contributed by atoms with E-state index in [4.69, 9.17) is 43.7 Å². The van der Waals surface area contributed by atoms with Crippen LogP contribution >= 0.6 is 0 Å². The third-order valence-corrected chi connectivity index (χ3v) is 11.6. The van der Waals surface area contributed by atoms with Crippen molar-refractivity contribution in [1.82, 2.24) is 0 Å². The highest BCUT2D eigenvalue weighted by atomic mass is 16.7. The monoisotopic (exact) mass is 781 g/mol. The maximum absolute atomic E-state index is 12.7. The maximum Gasteiger partial charge on any atom is 0.185 e. The lowest BCUT2D eigenvalue weighted by Gasteiger charge is -2.48. The summed E-state index contributed by atoms with van der Waals surface area (Å²) in [4.78, 5) is 5.02. The van der Waals surface area contributed by atoms with Crippen LogP contribution in [0.3, 0.4) is 0 Å². The predicted molar refractivity (Wildman–Crippen MR) is 204 cm³/mol. The van der Waals surface area contributed by atoms with E-state index in [2.05, 4.69) is 5.16 Å². The molecule has 15 heteroatoms. The third kappa shape index (κ3) is 13.0. The normalized spacial score (nSPS) is 34.9. The number of rotatable bonds is 23. The van der Waals surface area contributed by atoms with Crippen LogP contribution in [0.2, 0.25) is 0 Å². The number of aliphatic hydroxyl groups excluding tert-OH is 3. The minimum absolute atomic E-state index is 0.106. The molecule has 0 aliphatic carbocycles. The first-order valence-corrected chi connectivity index (χ1v) is 19.7. The van der Waals surface area contributed by atoms with Crippen molar-refractivity contribution in [3.63, 3.8) is 0 Å². The van der Waals surface area contributed by atoms with Gasteiger partial charge in [-0.3, -0.25) is 0 Å². The van der Waals surface area contributed by atoms with Crippen molar-refractivity contribution in [2.45, 2.75) is 186 Å². The molecule has 2 aliphatic heterocycles. The largest absolute Gasteiger partial charge is 0.399 e. The van der Waals surface area contributed by atoms with Gasteiger partial charge in [-0.25, -0.2) is 0 Å². The molecule has 2 saturated heterocycles. The number of nitrogens with two attached hydrogens (primary N) is 1. The van der Waals surface area contributed by atoms with E-state index in [1.807, 2.05) is 41.5 Å². The Morgan fingerprint density at radius 2 is 1.61 bits per heavy atom. The van der Waals surface area contributed by atoms with E-state index >= 15 is 0 Å². The molecule has 320 valence electrons. The van der Waals surface area contributed by atoms with Gasteiger partial charge in [-0.05, 0) is 59.8 Å². The molecule has 2 aliphatic rings. The Morgan fingerprint density at radius 3 is 2.19 bits per heavy atom. The summed E-state index contributed by atoms with van der Waals surface area (Å²) in [5.74, 6) is -1.98. The first-order valence-electron chi connectivity index (χ1n) is 19.7. The third-order valence-electron chi connectivity index (χ3n) is 11.6. The molecule has 2 fully saturated rings. The second-order valence-electron chi connectivity index (χ2n) is 16.7. The van der Waals surface area contributed by atoms with Gasteiger partial charge in [0.25, 0.3) is 0 Å². The van der Waals surface area contributed by atoms with Gasteiger partial charge >= 0.3 is 0 Å². The number of hydrogen-bond donors (Lipinski definition) is 6. The molecule has 7 N–H and O–H groups in total. The Hall–Kier alpha value is -1.05. The highest BCUT2D eigenvalue weighted by Gasteiger charge is 2.51. The Balaban J connectivity index is 2.61. The number of ether oxygens (including phenoxy) is 7. The summed E-state index contributed by atoms with van der Waals surface area (Å²) >= 11 is 0. The van der Waals surface area contributed by atoms with Crippen LogP contribution in [0.25, 0.3) is 0 Å². The van der Waals surface area contributed by atoms with Gasteiger partial charge in [0.05, 0.1) is 66.6 Å². The van der Waals surface area contributed by atoms with Crippen LogP contribution in [0.15, 0.2) is 5.16 Å². The number of aliphatic hydroxyl groups is 5. The van der Waals surface area contributed by atoms with E-state index in [1.54, 1.807) is 41.0 Å². The molecule has 0 aromatic rings. The molecule has 0 aromatic carbocycles. The number of methoxy groups -OCH3 is 2. The van der Waals surface area contributed by atoms with E-state index in [9.17, 15) is 25.5 Å². The Kier molecular flexibility index (Phi) is 19.7. The van der Waals surface area contributed by atoms with Gasteiger partial charge in [0.2, 0.25) is 0 Å². The van der Waals surface area contributed by atoms with Gasteiger partial charge < -0.3 is 69.3 Å². The molecule has 0 saturated carbocycles. The van der Waals surface area contributed by atoms with Gasteiger partial charge in [-0.2, -0.15) is 0 Å². The van der Waals surface area contributed by atoms with Crippen molar-refractivity contribution in [2.75, 3.05) is 34.5 Å². The lowest BCUT2D eigenvalue weighted by molar-refractivity contribution is -0.314. The maximum atomic E-state index is 12.7. The molecule has 54 heavy (non-hydrogen) atoms. The Labute approximate surface area is 324 Å². The highest BCUT2D eigenvalue weighted by Crippen LogP contribution is 2.40. The zero-order valence-electron chi connectivity index (χ0n) is 35.2. The molecule has 0 aromatic heterocycles. The van der Waals surface area contributed by atoms with Crippen molar-refractivity contribution in [2.24, 2.45) is 34.6 Å². The van der Waals surface area contributed by atoms with Crippen LogP contribution in [-0.4, -0.2) is 151 Å². The molecule has 0 radical (unpaired) electrons. The lowest BCUT2D eigenvalue weighted by atomic mass is 9.74. The highest BCUT2D eigenvalue weighted by molar-refractivity contribution is 5.60. The second kappa shape index (κ2) is 21.6. The van der Waals surface area contributed by atoms with Gasteiger partial charge in [0.15, 0.2) is 12.6 Å². The number of oxime groups is 1. The molecule has 0 spiro atoms. The van der Waals surface area contributed by atoms with E-state index < -0.39 is 102 Å². The van der Waals surface area contributed by atoms with Gasteiger partial charge in [-0.1, -0.05) is 46.2 Å².